The first kappa shape index (κ1) is 18.1. The largest absolute Gasteiger partial charge is 0.507 e. The van der Waals surface area contributed by atoms with E-state index in [4.69, 9.17) is 0 Å². The quantitative estimate of drug-likeness (QED) is 0.647. The van der Waals surface area contributed by atoms with Gasteiger partial charge in [-0.3, -0.25) is 9.59 Å². The number of hydrogen-bond acceptors (Lipinski definition) is 3. The minimum atomic E-state index is -1.18. The second-order valence-corrected chi connectivity index (χ2v) is 5.64. The Kier molecular flexibility index (Phi) is 5.12. The van der Waals surface area contributed by atoms with Gasteiger partial charge >= 0.3 is 0 Å². The smallest absolute Gasteiger partial charge is 0.262 e. The Morgan fingerprint density at radius 2 is 1.41 bits per heavy atom. The molecule has 7 heteroatoms. The number of carbonyl (C=O) groups is 2. The molecule has 0 aromatic heterocycles. The molecule has 0 fully saturated rings. The van der Waals surface area contributed by atoms with E-state index in [2.05, 4.69) is 10.6 Å². The van der Waals surface area contributed by atoms with Gasteiger partial charge in [0.25, 0.3) is 11.8 Å². The van der Waals surface area contributed by atoms with Crippen LogP contribution in [-0.4, -0.2) is 16.9 Å². The molecular formula is C20H14F2N2O3. The summed E-state index contributed by atoms with van der Waals surface area (Å²) in [4.78, 5) is 24.4. The first-order valence-electron chi connectivity index (χ1n) is 7.90. The van der Waals surface area contributed by atoms with Crippen LogP contribution in [0, 0.1) is 11.6 Å². The van der Waals surface area contributed by atoms with Crippen molar-refractivity contribution < 1.29 is 23.5 Å². The molecule has 136 valence electrons. The number of aromatic hydroxyl groups is 1. The van der Waals surface area contributed by atoms with Gasteiger partial charge in [0.05, 0.1) is 0 Å². The molecule has 0 radical (unpaired) electrons. The number of anilines is 2. The Morgan fingerprint density at radius 1 is 0.778 bits per heavy atom. The third-order valence-electron chi connectivity index (χ3n) is 3.68. The normalized spacial score (nSPS) is 10.3. The third-order valence-corrected chi connectivity index (χ3v) is 3.68. The summed E-state index contributed by atoms with van der Waals surface area (Å²) in [6, 6.07) is 15.9. The maximum absolute atomic E-state index is 13.8. The van der Waals surface area contributed by atoms with E-state index < -0.39 is 28.9 Å². The zero-order valence-electron chi connectivity index (χ0n) is 13.9. The predicted octanol–water partition coefficient (Wildman–Crippen LogP) is 4.18. The number of benzene rings is 3. The summed E-state index contributed by atoms with van der Waals surface area (Å²) in [5, 5.41) is 14.7. The molecular weight excluding hydrogens is 354 g/mol. The van der Waals surface area contributed by atoms with Gasteiger partial charge in [-0.15, -0.1) is 0 Å². The van der Waals surface area contributed by atoms with Crippen molar-refractivity contribution in [3.05, 3.63) is 89.5 Å². The topological polar surface area (TPSA) is 78.4 Å². The fourth-order valence-electron chi connectivity index (χ4n) is 2.45. The van der Waals surface area contributed by atoms with Crippen molar-refractivity contribution in [3.63, 3.8) is 0 Å². The van der Waals surface area contributed by atoms with Crippen molar-refractivity contribution >= 4 is 23.2 Å². The van der Waals surface area contributed by atoms with Crippen molar-refractivity contribution in [3.8, 4) is 5.75 Å². The van der Waals surface area contributed by atoms with Crippen LogP contribution in [0.3, 0.4) is 0 Å². The molecule has 0 heterocycles. The highest BCUT2D eigenvalue weighted by Gasteiger charge is 2.19. The molecule has 3 aromatic carbocycles. The van der Waals surface area contributed by atoms with Crippen molar-refractivity contribution in [1.29, 1.82) is 0 Å². The molecule has 0 bridgehead atoms. The monoisotopic (exact) mass is 368 g/mol. The molecule has 0 spiro atoms. The van der Waals surface area contributed by atoms with Crippen molar-refractivity contribution in [2.24, 2.45) is 0 Å². The minimum absolute atomic E-state index is 0.258. The summed E-state index contributed by atoms with van der Waals surface area (Å²) < 4.78 is 26.8. The van der Waals surface area contributed by atoms with E-state index in [1.807, 2.05) is 0 Å². The predicted molar refractivity (Wildman–Crippen MR) is 96.8 cm³/mol. The Hall–Kier alpha value is -3.74. The molecule has 2 amide bonds. The Labute approximate surface area is 153 Å². The number of phenolic OH excluding ortho intramolecular Hbond substituents is 1. The molecule has 0 aliphatic rings. The van der Waals surface area contributed by atoms with Crippen LogP contribution in [-0.2, 0) is 0 Å². The number of phenols is 1. The van der Waals surface area contributed by atoms with E-state index in [0.29, 0.717) is 23.4 Å². The molecule has 27 heavy (non-hydrogen) atoms. The fourth-order valence-corrected chi connectivity index (χ4v) is 2.45. The molecule has 0 unspecified atom stereocenters. The molecule has 3 rings (SSSR count). The van der Waals surface area contributed by atoms with Crippen LogP contribution >= 0.6 is 0 Å². The van der Waals surface area contributed by atoms with E-state index in [1.165, 1.54) is 12.1 Å². The molecule has 0 atom stereocenters. The average molecular weight is 368 g/mol. The average Bonchev–Trinajstić information content (AvgIpc) is 2.62. The molecule has 0 aliphatic heterocycles. The molecule has 0 saturated carbocycles. The summed E-state index contributed by atoms with van der Waals surface area (Å²) in [5.41, 5.74) is 0.458. The van der Waals surface area contributed by atoms with Gasteiger partial charge in [0, 0.05) is 29.1 Å². The maximum atomic E-state index is 13.8. The SMILES string of the molecule is O=C(Nc1cccc(NC(=O)c2c(O)cc(F)cc2F)c1)c1ccccc1. The first-order chi connectivity index (χ1) is 12.9. The Balaban J connectivity index is 1.76. The van der Waals surface area contributed by atoms with Gasteiger partial charge in [0.15, 0.2) is 0 Å². The van der Waals surface area contributed by atoms with Crippen LogP contribution in [0.2, 0.25) is 0 Å². The van der Waals surface area contributed by atoms with E-state index in [1.54, 1.807) is 42.5 Å². The second kappa shape index (κ2) is 7.65. The van der Waals surface area contributed by atoms with Crippen LogP contribution in [0.4, 0.5) is 20.2 Å². The standard InChI is InChI=1S/C20H14F2N2O3/c21-13-9-16(22)18(17(25)10-13)20(27)24-15-8-4-7-14(11-15)23-19(26)12-5-2-1-3-6-12/h1-11,25H,(H,23,26)(H,24,27). The van der Waals surface area contributed by atoms with Crippen LogP contribution in [0.15, 0.2) is 66.7 Å². The van der Waals surface area contributed by atoms with Gasteiger partial charge in [-0.05, 0) is 30.3 Å². The summed E-state index contributed by atoms with van der Waals surface area (Å²) in [7, 11) is 0. The number of carbonyl (C=O) groups excluding carboxylic acids is 2. The number of amides is 2. The number of halogens is 2. The maximum Gasteiger partial charge on any atom is 0.262 e. The van der Waals surface area contributed by atoms with Gasteiger partial charge in [-0.25, -0.2) is 8.78 Å². The number of rotatable bonds is 4. The Bertz CT molecular complexity index is 984. The van der Waals surface area contributed by atoms with E-state index in [9.17, 15) is 23.5 Å². The molecule has 3 aromatic rings. The van der Waals surface area contributed by atoms with Gasteiger partial charge in [-0.1, -0.05) is 24.3 Å². The van der Waals surface area contributed by atoms with Crippen molar-refractivity contribution in [2.75, 3.05) is 10.6 Å². The molecule has 3 N–H and O–H groups in total. The zero-order chi connectivity index (χ0) is 19.4. The van der Waals surface area contributed by atoms with Gasteiger partial charge in [0.2, 0.25) is 0 Å². The molecule has 0 saturated heterocycles. The van der Waals surface area contributed by atoms with Crippen molar-refractivity contribution in [1.82, 2.24) is 0 Å². The highest BCUT2D eigenvalue weighted by atomic mass is 19.1. The molecule has 5 nitrogen and oxygen atoms in total. The summed E-state index contributed by atoms with van der Waals surface area (Å²) in [6.07, 6.45) is 0. The zero-order valence-corrected chi connectivity index (χ0v) is 13.9. The lowest BCUT2D eigenvalue weighted by Gasteiger charge is -2.10. The van der Waals surface area contributed by atoms with Crippen molar-refractivity contribution in [2.45, 2.75) is 0 Å². The van der Waals surface area contributed by atoms with Crippen LogP contribution in [0.5, 0.6) is 5.75 Å². The summed E-state index contributed by atoms with van der Waals surface area (Å²) >= 11 is 0. The van der Waals surface area contributed by atoms with E-state index >= 15 is 0 Å². The van der Waals surface area contributed by atoms with E-state index in [-0.39, 0.29) is 11.6 Å². The lowest BCUT2D eigenvalue weighted by atomic mass is 10.1. The first-order valence-corrected chi connectivity index (χ1v) is 7.90. The third kappa shape index (κ3) is 4.27. The number of hydrogen-bond donors (Lipinski definition) is 3. The number of nitrogens with one attached hydrogen (secondary N) is 2. The fraction of sp³-hybridized carbons (Fsp3) is 0. The van der Waals surface area contributed by atoms with Gasteiger partial charge in [-0.2, -0.15) is 0 Å². The van der Waals surface area contributed by atoms with Gasteiger partial charge in [0.1, 0.15) is 22.9 Å². The minimum Gasteiger partial charge on any atom is -0.507 e. The highest BCUT2D eigenvalue weighted by Crippen LogP contribution is 2.24. The van der Waals surface area contributed by atoms with Crippen LogP contribution in [0.1, 0.15) is 20.7 Å². The van der Waals surface area contributed by atoms with Crippen LogP contribution < -0.4 is 10.6 Å². The lowest BCUT2D eigenvalue weighted by molar-refractivity contribution is 0.101. The lowest BCUT2D eigenvalue weighted by Crippen LogP contribution is -2.15. The highest BCUT2D eigenvalue weighted by molar-refractivity contribution is 6.07. The summed E-state index contributed by atoms with van der Waals surface area (Å²) in [6.45, 7) is 0. The van der Waals surface area contributed by atoms with E-state index in [0.717, 1.165) is 0 Å². The second-order valence-electron chi connectivity index (χ2n) is 5.64. The van der Waals surface area contributed by atoms with Gasteiger partial charge < -0.3 is 15.7 Å². The van der Waals surface area contributed by atoms with Crippen LogP contribution in [0.25, 0.3) is 0 Å². The summed E-state index contributed by atoms with van der Waals surface area (Å²) in [5.74, 6) is -4.26. The molecule has 0 aliphatic carbocycles. The Morgan fingerprint density at radius 3 is 2.04 bits per heavy atom.